The average molecular weight is 341 g/mol. The molecule has 1 aliphatic rings. The lowest BCUT2D eigenvalue weighted by Crippen LogP contribution is -2.59. The molecule has 0 radical (unpaired) electrons. The summed E-state index contributed by atoms with van der Waals surface area (Å²) in [6.07, 6.45) is -6.19. The molecule has 0 bridgehead atoms. The molecule has 1 aliphatic heterocycles. The van der Waals surface area contributed by atoms with Crippen molar-refractivity contribution in [1.82, 2.24) is 5.32 Å². The van der Waals surface area contributed by atoms with Crippen molar-refractivity contribution in [3.8, 4) is 0 Å². The monoisotopic (exact) mass is 341 g/mol. The Labute approximate surface area is 133 Å². The number of ether oxygens (including phenoxy) is 2. The van der Waals surface area contributed by atoms with Crippen LogP contribution in [0.25, 0.3) is 0 Å². The number of aliphatic hydroxyl groups is 7. The molecular weight excluding hydrogens is 314 g/mol. The van der Waals surface area contributed by atoms with Gasteiger partial charge in [-0.15, -0.1) is 0 Å². The summed E-state index contributed by atoms with van der Waals surface area (Å²) in [5.41, 5.74) is -1.18. The predicted molar refractivity (Wildman–Crippen MR) is 76.3 cm³/mol. The lowest BCUT2D eigenvalue weighted by atomic mass is 9.99. The molecule has 138 valence electrons. The summed E-state index contributed by atoms with van der Waals surface area (Å²) in [7, 11) is 0. The van der Waals surface area contributed by atoms with Crippen LogP contribution in [-0.2, 0) is 9.47 Å². The fraction of sp³-hybridized carbons (Fsp3) is 1.00. The van der Waals surface area contributed by atoms with Gasteiger partial charge in [0, 0.05) is 0 Å². The van der Waals surface area contributed by atoms with Gasteiger partial charge in [0.25, 0.3) is 0 Å². The number of hydrogen-bond acceptors (Lipinski definition) is 10. The molecule has 0 saturated carbocycles. The van der Waals surface area contributed by atoms with Gasteiger partial charge in [0.05, 0.1) is 38.6 Å². The number of aliphatic hydroxyl groups excluding tert-OH is 7. The Morgan fingerprint density at radius 1 is 0.913 bits per heavy atom. The topological polar surface area (TPSA) is 172 Å². The summed E-state index contributed by atoms with van der Waals surface area (Å²) >= 11 is 0. The summed E-state index contributed by atoms with van der Waals surface area (Å²) < 4.78 is 10.4. The van der Waals surface area contributed by atoms with Gasteiger partial charge in [-0.05, 0) is 13.0 Å². The maximum absolute atomic E-state index is 9.76. The van der Waals surface area contributed by atoms with E-state index in [1.54, 1.807) is 0 Å². The zero-order valence-electron chi connectivity index (χ0n) is 12.8. The van der Waals surface area contributed by atoms with Gasteiger partial charge in [-0.3, -0.25) is 0 Å². The molecule has 1 fully saturated rings. The van der Waals surface area contributed by atoms with E-state index in [0.717, 1.165) is 0 Å². The minimum absolute atomic E-state index is 0.105. The van der Waals surface area contributed by atoms with Crippen LogP contribution in [0.5, 0.6) is 0 Å². The molecule has 0 aliphatic carbocycles. The van der Waals surface area contributed by atoms with Gasteiger partial charge in [-0.1, -0.05) is 0 Å². The normalized spacial score (nSPS) is 32.2. The maximum atomic E-state index is 9.76. The van der Waals surface area contributed by atoms with Crippen molar-refractivity contribution in [3.05, 3.63) is 0 Å². The molecule has 8 N–H and O–H groups in total. The second-order valence-electron chi connectivity index (χ2n) is 5.60. The molecule has 1 heterocycles. The van der Waals surface area contributed by atoms with Gasteiger partial charge >= 0.3 is 0 Å². The molecule has 0 spiro atoms. The quantitative estimate of drug-likeness (QED) is 0.181. The summed E-state index contributed by atoms with van der Waals surface area (Å²) in [6, 6.07) is 0. The van der Waals surface area contributed by atoms with Crippen LogP contribution in [0, 0.1) is 0 Å². The predicted octanol–water partition coefficient (Wildman–Crippen LogP) is -4.50. The highest BCUT2D eigenvalue weighted by molar-refractivity contribution is 4.89. The van der Waals surface area contributed by atoms with Crippen LogP contribution in [0.1, 0.15) is 6.42 Å². The van der Waals surface area contributed by atoms with Crippen molar-refractivity contribution < 1.29 is 45.2 Å². The van der Waals surface area contributed by atoms with Crippen molar-refractivity contribution in [2.24, 2.45) is 0 Å². The SMILES string of the molecule is OCC1O[C@@H](OCCCNC(CO)(CO)CO)C(O)C(O)[C@@H]1O. The van der Waals surface area contributed by atoms with Gasteiger partial charge in [0.1, 0.15) is 24.4 Å². The lowest BCUT2D eigenvalue weighted by molar-refractivity contribution is -0.301. The average Bonchev–Trinajstić information content (AvgIpc) is 2.58. The molecule has 10 nitrogen and oxygen atoms in total. The molecule has 1 rings (SSSR count). The molecule has 1 saturated heterocycles. The van der Waals surface area contributed by atoms with Crippen molar-refractivity contribution in [2.45, 2.75) is 42.7 Å². The van der Waals surface area contributed by atoms with E-state index in [-0.39, 0.29) is 6.61 Å². The van der Waals surface area contributed by atoms with E-state index < -0.39 is 62.7 Å². The van der Waals surface area contributed by atoms with E-state index >= 15 is 0 Å². The maximum Gasteiger partial charge on any atom is 0.186 e. The van der Waals surface area contributed by atoms with E-state index in [1.165, 1.54) is 0 Å². The zero-order chi connectivity index (χ0) is 17.5. The number of nitrogens with one attached hydrogen (secondary N) is 1. The largest absolute Gasteiger partial charge is 0.394 e. The Balaban J connectivity index is 2.35. The Hall–Kier alpha value is -0.400. The fourth-order valence-electron chi connectivity index (χ4n) is 2.15. The van der Waals surface area contributed by atoms with Crippen LogP contribution in [-0.4, -0.2) is 112 Å². The second-order valence-corrected chi connectivity index (χ2v) is 5.60. The third-order valence-corrected chi connectivity index (χ3v) is 3.86. The van der Waals surface area contributed by atoms with Gasteiger partial charge in [-0.25, -0.2) is 0 Å². The Morgan fingerprint density at radius 3 is 2.04 bits per heavy atom. The van der Waals surface area contributed by atoms with Gasteiger partial charge in [-0.2, -0.15) is 0 Å². The first kappa shape index (κ1) is 20.6. The van der Waals surface area contributed by atoms with Crippen LogP contribution >= 0.6 is 0 Å². The van der Waals surface area contributed by atoms with Crippen LogP contribution in [0.3, 0.4) is 0 Å². The van der Waals surface area contributed by atoms with Crippen LogP contribution in [0.15, 0.2) is 0 Å². The Morgan fingerprint density at radius 2 is 1.52 bits per heavy atom. The standard InChI is InChI=1S/C13H27NO9/c15-4-8-9(19)10(20)11(21)12(23-8)22-3-1-2-14-13(5-16,6-17)7-18/h8-12,14-21H,1-7H2/t8?,9-,10?,11?,12-/m1/s1. The van der Waals surface area contributed by atoms with Crippen LogP contribution in [0.4, 0.5) is 0 Å². The van der Waals surface area contributed by atoms with Crippen molar-refractivity contribution in [1.29, 1.82) is 0 Å². The molecular formula is C13H27NO9. The molecule has 0 aromatic carbocycles. The smallest absolute Gasteiger partial charge is 0.186 e. The highest BCUT2D eigenvalue weighted by atomic mass is 16.7. The summed E-state index contributed by atoms with van der Waals surface area (Å²) in [5, 5.41) is 68.3. The minimum atomic E-state index is -1.49. The Bertz CT molecular complexity index is 318. The molecule has 23 heavy (non-hydrogen) atoms. The number of hydrogen-bond donors (Lipinski definition) is 8. The molecule has 0 aromatic rings. The summed E-state index contributed by atoms with van der Waals surface area (Å²) in [5.74, 6) is 0. The summed E-state index contributed by atoms with van der Waals surface area (Å²) in [4.78, 5) is 0. The molecule has 0 amide bonds. The van der Waals surface area contributed by atoms with Gasteiger partial charge < -0.3 is 50.5 Å². The second kappa shape index (κ2) is 9.79. The summed E-state index contributed by atoms with van der Waals surface area (Å²) in [6.45, 7) is -1.43. The third-order valence-electron chi connectivity index (χ3n) is 3.86. The molecule has 5 atom stereocenters. The number of rotatable bonds is 10. The van der Waals surface area contributed by atoms with E-state index in [2.05, 4.69) is 5.32 Å². The van der Waals surface area contributed by atoms with Crippen LogP contribution < -0.4 is 5.32 Å². The first-order valence-electron chi connectivity index (χ1n) is 7.44. The zero-order valence-corrected chi connectivity index (χ0v) is 12.8. The van der Waals surface area contributed by atoms with E-state index in [0.29, 0.717) is 13.0 Å². The Kier molecular flexibility index (Phi) is 8.79. The van der Waals surface area contributed by atoms with Crippen molar-refractivity contribution in [3.63, 3.8) is 0 Å². The van der Waals surface area contributed by atoms with E-state index in [9.17, 15) is 15.3 Å². The molecule has 0 aromatic heterocycles. The lowest BCUT2D eigenvalue weighted by Gasteiger charge is -2.39. The van der Waals surface area contributed by atoms with Crippen LogP contribution in [0.2, 0.25) is 0 Å². The van der Waals surface area contributed by atoms with E-state index in [4.69, 9.17) is 29.9 Å². The van der Waals surface area contributed by atoms with Crippen molar-refractivity contribution in [2.75, 3.05) is 39.6 Å². The highest BCUT2D eigenvalue weighted by Crippen LogP contribution is 2.21. The van der Waals surface area contributed by atoms with Gasteiger partial charge in [0.2, 0.25) is 0 Å². The van der Waals surface area contributed by atoms with Crippen molar-refractivity contribution >= 4 is 0 Å². The van der Waals surface area contributed by atoms with Gasteiger partial charge in [0.15, 0.2) is 6.29 Å². The molecule has 3 unspecified atom stereocenters. The molecule has 10 heteroatoms. The van der Waals surface area contributed by atoms with E-state index in [1.807, 2.05) is 0 Å². The first-order valence-corrected chi connectivity index (χ1v) is 7.44. The first-order chi connectivity index (χ1) is 10.9. The fourth-order valence-corrected chi connectivity index (χ4v) is 2.15. The highest BCUT2D eigenvalue weighted by Gasteiger charge is 2.43. The third kappa shape index (κ3) is 5.29. The minimum Gasteiger partial charge on any atom is -0.394 e.